The highest BCUT2D eigenvalue weighted by Crippen LogP contribution is 2.35. The lowest BCUT2D eigenvalue weighted by Gasteiger charge is -2.39. The van der Waals surface area contributed by atoms with Gasteiger partial charge in [0, 0.05) is 19.5 Å². The number of hydrogen-bond acceptors (Lipinski definition) is 6. The van der Waals surface area contributed by atoms with Crippen LogP contribution in [0.5, 0.6) is 5.75 Å². The van der Waals surface area contributed by atoms with Crippen molar-refractivity contribution < 1.29 is 28.6 Å². The first kappa shape index (κ1) is 31.5. The van der Waals surface area contributed by atoms with Crippen LogP contribution in [0.3, 0.4) is 0 Å². The lowest BCUT2D eigenvalue weighted by atomic mass is 10.1. The van der Waals surface area contributed by atoms with Gasteiger partial charge in [0.15, 0.2) is 0 Å². The van der Waals surface area contributed by atoms with Gasteiger partial charge in [0.2, 0.25) is 5.91 Å². The van der Waals surface area contributed by atoms with Crippen molar-refractivity contribution in [3.05, 3.63) is 29.8 Å². The number of rotatable bonds is 16. The summed E-state index contributed by atoms with van der Waals surface area (Å²) in [6.45, 7) is 3.74. The molecule has 0 unspecified atom stereocenters. The Balaban J connectivity index is 0.00000512. The molecular formula is C23H44N3O6P. The van der Waals surface area contributed by atoms with Gasteiger partial charge in [-0.3, -0.25) is 9.36 Å². The van der Waals surface area contributed by atoms with Crippen molar-refractivity contribution in [2.75, 3.05) is 26.0 Å². The first-order chi connectivity index (χ1) is 14.9. The summed E-state index contributed by atoms with van der Waals surface area (Å²) in [5.74, 6) is 0.879. The minimum Gasteiger partial charge on any atom is -0.494 e. The summed E-state index contributed by atoms with van der Waals surface area (Å²) in [5, 5.41) is 0. The van der Waals surface area contributed by atoms with Gasteiger partial charge in [-0.1, -0.05) is 64.0 Å². The van der Waals surface area contributed by atoms with Crippen molar-refractivity contribution >= 4 is 13.5 Å². The fourth-order valence-corrected chi connectivity index (χ4v) is 3.98. The third kappa shape index (κ3) is 13.7. The van der Waals surface area contributed by atoms with E-state index in [0.29, 0.717) is 25.9 Å². The fraction of sp³-hybridized carbons (Fsp3) is 0.696. The average Bonchev–Trinajstić information content (AvgIpc) is 2.69. The van der Waals surface area contributed by atoms with Crippen molar-refractivity contribution in [2.45, 2.75) is 77.2 Å². The molecule has 1 aliphatic heterocycles. The van der Waals surface area contributed by atoms with E-state index in [1.807, 2.05) is 24.3 Å². The zero-order chi connectivity index (χ0) is 22.5. The van der Waals surface area contributed by atoms with E-state index < -0.39 is 13.9 Å². The number of ether oxygens (including phenoxy) is 2. The van der Waals surface area contributed by atoms with Crippen LogP contribution < -0.4 is 17.0 Å². The van der Waals surface area contributed by atoms with Crippen molar-refractivity contribution in [1.82, 2.24) is 17.2 Å². The molecule has 1 heterocycles. The van der Waals surface area contributed by atoms with Crippen LogP contribution in [0, 0.1) is 0 Å². The number of carbonyl (C=O) groups is 1. The number of hydrogen-bond donors (Lipinski definition) is 4. The highest BCUT2D eigenvalue weighted by Gasteiger charge is 2.32. The lowest BCUT2D eigenvalue weighted by Crippen LogP contribution is -2.54. The second kappa shape index (κ2) is 17.0. The molecule has 0 spiro atoms. The molecule has 9 nitrogen and oxygen atoms in total. The standard InChI is InChI=1S/C23H38NO6P.2H3N/c1-2-3-4-5-6-7-8-9-15-29-21-12-10-11-20(16-21)13-14-23(25)24-17-22(18-24)30-19-31(26,27)28;;/h10-12,16,22H,2-9,13-15,17-19H2,1H3,(H2,26,27,28);2*1H3. The molecule has 2 rings (SSSR count). The molecule has 0 saturated carbocycles. The van der Waals surface area contributed by atoms with Crippen LogP contribution in [0.4, 0.5) is 0 Å². The molecule has 0 radical (unpaired) electrons. The molecular weight excluding hydrogens is 445 g/mol. The van der Waals surface area contributed by atoms with Crippen LogP contribution in [0.1, 0.15) is 70.3 Å². The summed E-state index contributed by atoms with van der Waals surface area (Å²) in [4.78, 5) is 31.6. The maximum Gasteiger partial charge on any atom is 0.350 e. The topological polar surface area (TPSA) is 166 Å². The van der Waals surface area contributed by atoms with E-state index in [-0.39, 0.29) is 24.3 Å². The summed E-state index contributed by atoms with van der Waals surface area (Å²) in [6, 6.07) is 7.91. The first-order valence-corrected chi connectivity index (χ1v) is 13.3. The van der Waals surface area contributed by atoms with Gasteiger partial charge in [-0.05, 0) is 30.5 Å². The molecule has 192 valence electrons. The van der Waals surface area contributed by atoms with E-state index in [0.717, 1.165) is 24.3 Å². The third-order valence-corrected chi connectivity index (χ3v) is 5.96. The number of amides is 1. The van der Waals surface area contributed by atoms with Gasteiger partial charge in [0.05, 0.1) is 12.7 Å². The highest BCUT2D eigenvalue weighted by atomic mass is 31.2. The summed E-state index contributed by atoms with van der Waals surface area (Å²) < 4.78 is 21.8. The number of carbonyl (C=O) groups excluding carboxylic acids is 1. The number of benzene rings is 1. The van der Waals surface area contributed by atoms with E-state index in [4.69, 9.17) is 19.3 Å². The van der Waals surface area contributed by atoms with Crippen molar-refractivity contribution in [3.63, 3.8) is 0 Å². The molecule has 1 aliphatic rings. The zero-order valence-corrected chi connectivity index (χ0v) is 21.0. The molecule has 33 heavy (non-hydrogen) atoms. The van der Waals surface area contributed by atoms with E-state index in [1.54, 1.807) is 4.90 Å². The van der Waals surface area contributed by atoms with Crippen LogP contribution >= 0.6 is 7.60 Å². The summed E-state index contributed by atoms with van der Waals surface area (Å²) in [5.41, 5.74) is 1.07. The molecule has 8 N–H and O–H groups in total. The maximum absolute atomic E-state index is 12.3. The predicted molar refractivity (Wildman–Crippen MR) is 131 cm³/mol. The molecule has 0 aromatic heterocycles. The van der Waals surface area contributed by atoms with Crippen molar-refractivity contribution in [1.29, 1.82) is 0 Å². The van der Waals surface area contributed by atoms with Gasteiger partial charge < -0.3 is 36.5 Å². The number of unbranched alkanes of at least 4 members (excludes halogenated alkanes) is 7. The number of nitrogens with zero attached hydrogens (tertiary/aromatic N) is 1. The van der Waals surface area contributed by atoms with Gasteiger partial charge in [0.25, 0.3) is 0 Å². The van der Waals surface area contributed by atoms with Gasteiger partial charge >= 0.3 is 7.60 Å². The van der Waals surface area contributed by atoms with E-state index in [9.17, 15) is 9.36 Å². The zero-order valence-electron chi connectivity index (χ0n) is 20.1. The number of likely N-dealkylation sites (tertiary alicyclic amines) is 1. The van der Waals surface area contributed by atoms with E-state index >= 15 is 0 Å². The van der Waals surface area contributed by atoms with Gasteiger partial charge in [-0.25, -0.2) is 0 Å². The average molecular weight is 490 g/mol. The van der Waals surface area contributed by atoms with Crippen molar-refractivity contribution in [2.24, 2.45) is 0 Å². The Bertz CT molecular complexity index is 709. The Labute approximate surface area is 198 Å². The van der Waals surface area contributed by atoms with Crippen LogP contribution in [-0.4, -0.2) is 52.7 Å². The van der Waals surface area contributed by atoms with Crippen molar-refractivity contribution in [3.8, 4) is 5.75 Å². The Kier molecular flexibility index (Phi) is 16.3. The highest BCUT2D eigenvalue weighted by molar-refractivity contribution is 7.51. The summed E-state index contributed by atoms with van der Waals surface area (Å²) >= 11 is 0. The largest absolute Gasteiger partial charge is 0.494 e. The van der Waals surface area contributed by atoms with E-state index in [1.165, 1.54) is 44.9 Å². The van der Waals surface area contributed by atoms with Crippen LogP contribution in [0.2, 0.25) is 0 Å². The molecule has 10 heteroatoms. The Morgan fingerprint density at radius 3 is 2.33 bits per heavy atom. The molecule has 0 aliphatic carbocycles. The maximum atomic E-state index is 12.3. The Morgan fingerprint density at radius 1 is 1.06 bits per heavy atom. The first-order valence-electron chi connectivity index (χ1n) is 11.5. The minimum absolute atomic E-state index is 0. The predicted octanol–water partition coefficient (Wildman–Crippen LogP) is 4.83. The van der Waals surface area contributed by atoms with Crippen LogP contribution in [0.25, 0.3) is 0 Å². The fourth-order valence-electron chi connectivity index (χ4n) is 3.58. The Morgan fingerprint density at radius 2 is 1.70 bits per heavy atom. The normalized spacial score (nSPS) is 13.6. The second-order valence-electron chi connectivity index (χ2n) is 8.35. The summed E-state index contributed by atoms with van der Waals surface area (Å²) in [7, 11) is -4.16. The lowest BCUT2D eigenvalue weighted by molar-refractivity contribution is -0.143. The monoisotopic (exact) mass is 489 g/mol. The number of aryl methyl sites for hydroxylation is 1. The minimum atomic E-state index is -4.16. The smallest absolute Gasteiger partial charge is 0.350 e. The van der Waals surface area contributed by atoms with Gasteiger partial charge in [-0.15, -0.1) is 0 Å². The molecule has 1 amide bonds. The Hall–Kier alpha value is -1.48. The molecule has 1 saturated heterocycles. The quantitative estimate of drug-likeness (QED) is 0.189. The molecule has 1 aromatic rings. The van der Waals surface area contributed by atoms with E-state index in [2.05, 4.69) is 6.92 Å². The molecule has 0 atom stereocenters. The summed E-state index contributed by atoms with van der Waals surface area (Å²) in [6.07, 6.45) is 10.3. The van der Waals surface area contributed by atoms with Crippen LogP contribution in [0.15, 0.2) is 24.3 Å². The molecule has 1 fully saturated rings. The van der Waals surface area contributed by atoms with Crippen LogP contribution in [-0.2, 0) is 20.5 Å². The second-order valence-corrected chi connectivity index (χ2v) is 9.94. The third-order valence-electron chi connectivity index (χ3n) is 5.47. The molecule has 1 aromatic carbocycles. The van der Waals surface area contributed by atoms with Gasteiger partial charge in [0.1, 0.15) is 12.1 Å². The van der Waals surface area contributed by atoms with Gasteiger partial charge in [-0.2, -0.15) is 0 Å². The molecule has 0 bridgehead atoms. The SMILES string of the molecule is CCCCCCCCCCOc1cccc(CCC(=O)N2CC(OCP(=O)(O)O)C2)c1.N.N.